The highest BCUT2D eigenvalue weighted by Crippen LogP contribution is 2.31. The van der Waals surface area contributed by atoms with Crippen LogP contribution < -0.4 is 14.8 Å². The zero-order chi connectivity index (χ0) is 21.0. The second-order valence-electron chi connectivity index (χ2n) is 6.26. The van der Waals surface area contributed by atoms with Crippen molar-refractivity contribution in [3.63, 3.8) is 0 Å². The van der Waals surface area contributed by atoms with Crippen molar-refractivity contribution in [1.82, 2.24) is 14.8 Å². The lowest BCUT2D eigenvalue weighted by molar-refractivity contribution is -0.115. The summed E-state index contributed by atoms with van der Waals surface area (Å²) in [5.41, 5.74) is 1.53. The number of methoxy groups -OCH3 is 2. The zero-order valence-corrected chi connectivity index (χ0v) is 17.9. The Hall–Kier alpha value is -2.94. The molecule has 3 aromatic rings. The summed E-state index contributed by atoms with van der Waals surface area (Å²) in [7, 11) is 3.12. The molecular formula is C20H24N4O4S. The molecule has 3 rings (SSSR count). The van der Waals surface area contributed by atoms with Crippen LogP contribution in [-0.2, 0) is 11.3 Å². The van der Waals surface area contributed by atoms with Gasteiger partial charge in [0.25, 0.3) is 0 Å². The summed E-state index contributed by atoms with van der Waals surface area (Å²) in [6, 6.07) is 7.11. The van der Waals surface area contributed by atoms with Crippen molar-refractivity contribution in [1.29, 1.82) is 0 Å². The number of hydrogen-bond acceptors (Lipinski definition) is 7. The zero-order valence-electron chi connectivity index (χ0n) is 17.1. The van der Waals surface area contributed by atoms with E-state index in [0.717, 1.165) is 17.1 Å². The molecule has 9 heteroatoms. The molecule has 154 valence electrons. The molecule has 1 atom stereocenters. The molecule has 0 aliphatic carbocycles. The quantitative estimate of drug-likeness (QED) is 0.555. The van der Waals surface area contributed by atoms with Crippen LogP contribution in [-0.4, -0.2) is 40.1 Å². The number of nitrogens with one attached hydrogen (secondary N) is 1. The molecule has 0 unspecified atom stereocenters. The van der Waals surface area contributed by atoms with Crippen LogP contribution in [0.5, 0.6) is 11.5 Å². The van der Waals surface area contributed by atoms with E-state index in [1.807, 2.05) is 31.4 Å². The SMILES string of the molecule is CCn1c(S[C@@H](C)C(=O)Nc2ccc(OC)c(OC)c2)nnc1-c1ccoc1C. The van der Waals surface area contributed by atoms with Crippen molar-refractivity contribution in [2.75, 3.05) is 19.5 Å². The first kappa shape index (κ1) is 20.8. The maximum Gasteiger partial charge on any atom is 0.237 e. The van der Waals surface area contributed by atoms with E-state index in [9.17, 15) is 4.79 Å². The average molecular weight is 417 g/mol. The molecule has 0 saturated carbocycles. The van der Waals surface area contributed by atoms with Crippen molar-refractivity contribution in [2.45, 2.75) is 37.7 Å². The van der Waals surface area contributed by atoms with Crippen molar-refractivity contribution >= 4 is 23.4 Å². The van der Waals surface area contributed by atoms with Gasteiger partial charge in [0.15, 0.2) is 22.5 Å². The third-order valence-corrected chi connectivity index (χ3v) is 5.52. The van der Waals surface area contributed by atoms with E-state index in [-0.39, 0.29) is 11.2 Å². The van der Waals surface area contributed by atoms with Gasteiger partial charge in [0, 0.05) is 18.3 Å². The normalized spacial score (nSPS) is 11.9. The lowest BCUT2D eigenvalue weighted by atomic mass is 10.2. The number of nitrogens with zero attached hydrogens (tertiary/aromatic N) is 3. The fraction of sp³-hybridized carbons (Fsp3) is 0.350. The predicted octanol–water partition coefficient (Wildman–Crippen LogP) is 4.00. The van der Waals surface area contributed by atoms with Gasteiger partial charge in [0.1, 0.15) is 5.76 Å². The monoisotopic (exact) mass is 416 g/mol. The summed E-state index contributed by atoms with van der Waals surface area (Å²) in [4.78, 5) is 12.7. The van der Waals surface area contributed by atoms with Gasteiger partial charge in [-0.25, -0.2) is 0 Å². The van der Waals surface area contributed by atoms with Gasteiger partial charge in [-0.3, -0.25) is 4.79 Å². The topological polar surface area (TPSA) is 91.4 Å². The van der Waals surface area contributed by atoms with Gasteiger partial charge in [0.05, 0.1) is 31.3 Å². The highest BCUT2D eigenvalue weighted by atomic mass is 32.2. The van der Waals surface area contributed by atoms with Gasteiger partial charge in [-0.05, 0) is 39.0 Å². The van der Waals surface area contributed by atoms with E-state index in [2.05, 4.69) is 15.5 Å². The standard InChI is InChI=1S/C20H24N4O4S/c1-6-24-18(15-9-10-28-12(15)2)22-23-20(24)29-13(3)19(25)21-14-7-8-16(26-4)17(11-14)27-5/h7-11,13H,6H2,1-5H3,(H,21,25)/t13-/m0/s1. The number of aryl methyl sites for hydroxylation is 1. The second kappa shape index (κ2) is 9.04. The minimum absolute atomic E-state index is 0.145. The van der Waals surface area contributed by atoms with E-state index in [1.165, 1.54) is 11.8 Å². The lowest BCUT2D eigenvalue weighted by Gasteiger charge is -2.14. The lowest BCUT2D eigenvalue weighted by Crippen LogP contribution is -2.23. The van der Waals surface area contributed by atoms with Crippen molar-refractivity contribution < 1.29 is 18.7 Å². The number of anilines is 1. The van der Waals surface area contributed by atoms with Crippen LogP contribution in [0.4, 0.5) is 5.69 Å². The maximum atomic E-state index is 12.7. The average Bonchev–Trinajstić information content (AvgIpc) is 3.32. The Bertz CT molecular complexity index is 998. The number of aromatic nitrogens is 3. The molecular weight excluding hydrogens is 392 g/mol. The molecule has 2 aromatic heterocycles. The van der Waals surface area contributed by atoms with Crippen LogP contribution >= 0.6 is 11.8 Å². The third-order valence-electron chi connectivity index (χ3n) is 4.44. The van der Waals surface area contributed by atoms with E-state index >= 15 is 0 Å². The highest BCUT2D eigenvalue weighted by molar-refractivity contribution is 8.00. The maximum absolute atomic E-state index is 12.7. The largest absolute Gasteiger partial charge is 0.493 e. The molecule has 0 spiro atoms. The molecule has 2 heterocycles. The highest BCUT2D eigenvalue weighted by Gasteiger charge is 2.22. The van der Waals surface area contributed by atoms with Gasteiger partial charge >= 0.3 is 0 Å². The minimum Gasteiger partial charge on any atom is -0.493 e. The molecule has 0 bridgehead atoms. The summed E-state index contributed by atoms with van der Waals surface area (Å²) < 4.78 is 17.9. The van der Waals surface area contributed by atoms with Gasteiger partial charge in [-0.1, -0.05) is 11.8 Å². The first-order valence-electron chi connectivity index (χ1n) is 9.15. The van der Waals surface area contributed by atoms with E-state index in [4.69, 9.17) is 13.9 Å². The number of hydrogen-bond donors (Lipinski definition) is 1. The Kier molecular flexibility index (Phi) is 6.48. The molecule has 1 N–H and O–H groups in total. The molecule has 0 saturated heterocycles. The summed E-state index contributed by atoms with van der Waals surface area (Å²) in [6.45, 7) is 6.41. The number of furan rings is 1. The van der Waals surface area contributed by atoms with Crippen LogP contribution in [0.25, 0.3) is 11.4 Å². The van der Waals surface area contributed by atoms with Crippen molar-refractivity contribution in [3.8, 4) is 22.9 Å². The van der Waals surface area contributed by atoms with Gasteiger partial charge < -0.3 is 23.8 Å². The second-order valence-corrected chi connectivity index (χ2v) is 7.57. The Labute approximate surface area is 173 Å². The molecule has 8 nitrogen and oxygen atoms in total. The first-order chi connectivity index (χ1) is 14.0. The number of carbonyl (C=O) groups is 1. The Morgan fingerprint density at radius 2 is 2.00 bits per heavy atom. The molecule has 0 fully saturated rings. The predicted molar refractivity (Wildman–Crippen MR) is 112 cm³/mol. The van der Waals surface area contributed by atoms with Crippen molar-refractivity contribution in [3.05, 3.63) is 36.3 Å². The van der Waals surface area contributed by atoms with Gasteiger partial charge in [-0.15, -0.1) is 10.2 Å². The van der Waals surface area contributed by atoms with E-state index in [0.29, 0.717) is 28.9 Å². The molecule has 1 aromatic carbocycles. The molecule has 1 amide bonds. The van der Waals surface area contributed by atoms with Gasteiger partial charge in [0.2, 0.25) is 5.91 Å². The third kappa shape index (κ3) is 4.40. The Balaban J connectivity index is 1.73. The van der Waals surface area contributed by atoms with E-state index < -0.39 is 0 Å². The summed E-state index contributed by atoms with van der Waals surface area (Å²) in [6.07, 6.45) is 1.63. The van der Waals surface area contributed by atoms with Gasteiger partial charge in [-0.2, -0.15) is 0 Å². The van der Waals surface area contributed by atoms with E-state index in [1.54, 1.807) is 38.7 Å². The number of amides is 1. The molecule has 0 radical (unpaired) electrons. The molecule has 0 aliphatic heterocycles. The fourth-order valence-corrected chi connectivity index (χ4v) is 3.76. The molecule has 0 aliphatic rings. The number of carbonyl (C=O) groups excluding carboxylic acids is 1. The summed E-state index contributed by atoms with van der Waals surface area (Å²) in [5, 5.41) is 11.8. The van der Waals surface area contributed by atoms with Crippen LogP contribution in [0.1, 0.15) is 19.6 Å². The molecule has 29 heavy (non-hydrogen) atoms. The summed E-state index contributed by atoms with van der Waals surface area (Å²) >= 11 is 1.35. The van der Waals surface area contributed by atoms with Crippen LogP contribution in [0.3, 0.4) is 0 Å². The minimum atomic E-state index is -0.379. The van der Waals surface area contributed by atoms with Crippen LogP contribution in [0, 0.1) is 6.92 Å². The Morgan fingerprint density at radius 1 is 1.24 bits per heavy atom. The number of benzene rings is 1. The summed E-state index contributed by atoms with van der Waals surface area (Å²) in [5.74, 6) is 2.52. The first-order valence-corrected chi connectivity index (χ1v) is 10.0. The van der Waals surface area contributed by atoms with Crippen molar-refractivity contribution in [2.24, 2.45) is 0 Å². The smallest absolute Gasteiger partial charge is 0.237 e. The number of thioether (sulfide) groups is 1. The van der Waals surface area contributed by atoms with Crippen LogP contribution in [0.2, 0.25) is 0 Å². The Morgan fingerprint density at radius 3 is 2.62 bits per heavy atom. The van der Waals surface area contributed by atoms with Crippen LogP contribution in [0.15, 0.2) is 40.1 Å². The number of rotatable bonds is 8. The fourth-order valence-electron chi connectivity index (χ4n) is 2.85. The number of ether oxygens (including phenoxy) is 2.